The van der Waals surface area contributed by atoms with E-state index in [9.17, 15) is 4.79 Å². The number of hydrogen-bond acceptors (Lipinski definition) is 7. The lowest BCUT2D eigenvalue weighted by molar-refractivity contribution is -0.117. The van der Waals surface area contributed by atoms with Crippen LogP contribution in [0.4, 0.5) is 11.5 Å². The molecule has 2 fully saturated rings. The van der Waals surface area contributed by atoms with Crippen molar-refractivity contribution in [2.45, 2.75) is 41.6 Å². The molecule has 3 N–H and O–H groups in total. The van der Waals surface area contributed by atoms with Crippen LogP contribution in [0.5, 0.6) is 0 Å². The lowest BCUT2D eigenvalue weighted by Gasteiger charge is -2.28. The molecule has 184 valence electrons. The number of carbonyl (C=O) groups excluding carboxylic acids is 1. The van der Waals surface area contributed by atoms with Crippen molar-refractivity contribution < 1.29 is 4.79 Å². The van der Waals surface area contributed by atoms with Crippen LogP contribution in [0.2, 0.25) is 5.02 Å². The van der Waals surface area contributed by atoms with Gasteiger partial charge in [0.05, 0.1) is 32.8 Å². The van der Waals surface area contributed by atoms with Crippen LogP contribution in [0.25, 0.3) is 10.9 Å². The van der Waals surface area contributed by atoms with Crippen LogP contribution in [0.15, 0.2) is 58.1 Å². The number of hydrogen-bond donors (Lipinski definition) is 2. The van der Waals surface area contributed by atoms with Crippen molar-refractivity contribution >= 4 is 57.8 Å². The third-order valence-electron chi connectivity index (χ3n) is 7.63. The van der Waals surface area contributed by atoms with Gasteiger partial charge in [-0.05, 0) is 43.0 Å². The van der Waals surface area contributed by atoms with Gasteiger partial charge in [0.25, 0.3) is 0 Å². The molecule has 1 saturated carbocycles. The number of H-pyrrole nitrogens is 1. The number of allylic oxidation sites excluding steroid dienone is 2. The van der Waals surface area contributed by atoms with Gasteiger partial charge in [0.1, 0.15) is 10.8 Å². The number of aromatic amines is 1. The SMILES string of the molecule is C=CC(=O)C1(N)C2CCN(c3nc(Sc4cnc5c(c4)N=CC=CC5)cc4[nH]c(CC)c(Cl)c34)CC21. The number of carbonyl (C=O) groups is 1. The molecule has 0 bridgehead atoms. The zero-order chi connectivity index (χ0) is 25.0. The number of anilines is 1. The van der Waals surface area contributed by atoms with Crippen LogP contribution in [0.1, 0.15) is 24.7 Å². The van der Waals surface area contributed by atoms with Crippen molar-refractivity contribution in [3.63, 3.8) is 0 Å². The molecule has 9 heteroatoms. The summed E-state index contributed by atoms with van der Waals surface area (Å²) in [6.45, 7) is 7.17. The number of aliphatic imine (C=N–C) groups is 1. The van der Waals surface area contributed by atoms with Gasteiger partial charge < -0.3 is 15.6 Å². The lowest BCUT2D eigenvalue weighted by atomic mass is 10.1. The van der Waals surface area contributed by atoms with Crippen LogP contribution in [0.3, 0.4) is 0 Å². The van der Waals surface area contributed by atoms with Crippen LogP contribution in [-0.2, 0) is 17.6 Å². The minimum Gasteiger partial charge on any atom is -0.357 e. The van der Waals surface area contributed by atoms with Gasteiger partial charge in [0.2, 0.25) is 0 Å². The highest BCUT2D eigenvalue weighted by Crippen LogP contribution is 2.55. The molecule has 0 radical (unpaired) electrons. The third-order valence-corrected chi connectivity index (χ3v) is 8.93. The first-order valence-electron chi connectivity index (χ1n) is 12.2. The predicted molar refractivity (Wildman–Crippen MR) is 146 cm³/mol. The van der Waals surface area contributed by atoms with Gasteiger partial charge in [0, 0.05) is 48.4 Å². The molecule has 0 aromatic carbocycles. The average Bonchev–Trinajstić information content (AvgIpc) is 3.47. The molecule has 3 atom stereocenters. The number of piperidine rings is 1. The van der Waals surface area contributed by atoms with Crippen LogP contribution in [0, 0.1) is 11.8 Å². The summed E-state index contributed by atoms with van der Waals surface area (Å²) in [7, 11) is 0. The Bertz CT molecular complexity index is 1460. The number of aryl methyl sites for hydroxylation is 1. The van der Waals surface area contributed by atoms with E-state index >= 15 is 0 Å². The highest BCUT2D eigenvalue weighted by Gasteiger charge is 2.67. The molecule has 2 aliphatic heterocycles. The summed E-state index contributed by atoms with van der Waals surface area (Å²) in [4.78, 5) is 33.4. The minimum absolute atomic E-state index is 0.0664. The summed E-state index contributed by atoms with van der Waals surface area (Å²) >= 11 is 8.39. The number of nitrogens with zero attached hydrogens (tertiary/aromatic N) is 4. The quantitative estimate of drug-likeness (QED) is 0.443. The molecule has 7 nitrogen and oxygen atoms in total. The standard InChI is InChI=1S/C27H27ClN6OS/c1-3-18-25(28)24-21(32-18)12-23(36-15-11-20-19(31-13-15)7-5-6-9-30-20)33-26(24)34-10-8-16-17(14-34)27(16,29)22(35)4-2/h4-6,9,11-13,16-17,32H,2-3,7-8,10,14,29H2,1H3. The minimum atomic E-state index is -0.804. The van der Waals surface area contributed by atoms with E-state index in [0.717, 1.165) is 69.5 Å². The maximum absolute atomic E-state index is 12.5. The number of fused-ring (bicyclic) bond motifs is 3. The monoisotopic (exact) mass is 518 g/mol. The second kappa shape index (κ2) is 8.87. The van der Waals surface area contributed by atoms with E-state index in [1.807, 2.05) is 18.3 Å². The van der Waals surface area contributed by atoms with E-state index in [1.54, 1.807) is 18.0 Å². The zero-order valence-corrected chi connectivity index (χ0v) is 21.6. The Labute approximate surface area is 218 Å². The van der Waals surface area contributed by atoms with Crippen LogP contribution >= 0.6 is 23.4 Å². The number of rotatable bonds is 6. The normalized spacial score (nSPS) is 24.4. The number of pyridine rings is 2. The molecule has 3 unspecified atom stereocenters. The summed E-state index contributed by atoms with van der Waals surface area (Å²) in [5.41, 5.74) is 9.51. The highest BCUT2D eigenvalue weighted by molar-refractivity contribution is 7.99. The van der Waals surface area contributed by atoms with Gasteiger partial charge in [-0.25, -0.2) is 4.98 Å². The largest absolute Gasteiger partial charge is 0.357 e. The predicted octanol–water partition coefficient (Wildman–Crippen LogP) is 5.05. The molecule has 3 aliphatic rings. The molecular formula is C27H27ClN6OS. The van der Waals surface area contributed by atoms with Gasteiger partial charge in [-0.15, -0.1) is 0 Å². The Morgan fingerprint density at radius 1 is 1.42 bits per heavy atom. The molecule has 1 saturated heterocycles. The van der Waals surface area contributed by atoms with Gasteiger partial charge in [-0.2, -0.15) is 0 Å². The molecule has 36 heavy (non-hydrogen) atoms. The number of ketones is 1. The summed E-state index contributed by atoms with van der Waals surface area (Å²) in [6, 6.07) is 4.10. The summed E-state index contributed by atoms with van der Waals surface area (Å²) in [5, 5.41) is 2.47. The second-order valence-electron chi connectivity index (χ2n) is 9.58. The Morgan fingerprint density at radius 3 is 3.08 bits per heavy atom. The van der Waals surface area contributed by atoms with Gasteiger partial charge in [-0.3, -0.25) is 14.8 Å². The lowest BCUT2D eigenvalue weighted by Crippen LogP contribution is -2.37. The van der Waals surface area contributed by atoms with Crippen molar-refractivity contribution in [2.75, 3.05) is 18.0 Å². The summed E-state index contributed by atoms with van der Waals surface area (Å²) in [6.07, 6.45) is 11.4. The van der Waals surface area contributed by atoms with E-state index in [1.165, 1.54) is 6.08 Å². The first kappa shape index (κ1) is 23.5. The number of aromatic nitrogens is 3. The molecule has 0 amide bonds. The number of nitrogens with two attached hydrogens (primary N) is 1. The Hall–Kier alpha value is -2.94. The maximum Gasteiger partial charge on any atom is 0.175 e. The molecule has 1 aliphatic carbocycles. The van der Waals surface area contributed by atoms with Crippen molar-refractivity contribution in [1.82, 2.24) is 15.0 Å². The van der Waals surface area contributed by atoms with Gasteiger partial charge in [0.15, 0.2) is 5.78 Å². The first-order valence-corrected chi connectivity index (χ1v) is 13.4. The molecule has 0 spiro atoms. The fraction of sp³-hybridized carbons (Fsp3) is 0.333. The Morgan fingerprint density at radius 2 is 2.28 bits per heavy atom. The second-order valence-corrected chi connectivity index (χ2v) is 11.0. The molecule has 3 aromatic rings. The van der Waals surface area contributed by atoms with Crippen LogP contribution < -0.4 is 10.6 Å². The maximum atomic E-state index is 12.5. The van der Waals surface area contributed by atoms with Crippen LogP contribution in [-0.4, -0.2) is 45.6 Å². The fourth-order valence-electron chi connectivity index (χ4n) is 5.63. The molecular weight excluding hydrogens is 492 g/mol. The van der Waals surface area contributed by atoms with Crippen molar-refractivity contribution in [1.29, 1.82) is 0 Å². The number of halogens is 1. The Kier molecular flexibility index (Phi) is 5.78. The van der Waals surface area contributed by atoms with E-state index in [4.69, 9.17) is 22.3 Å². The van der Waals surface area contributed by atoms with E-state index in [-0.39, 0.29) is 17.6 Å². The zero-order valence-electron chi connectivity index (χ0n) is 20.0. The number of nitrogens with one attached hydrogen (secondary N) is 1. The molecule has 5 heterocycles. The smallest absolute Gasteiger partial charge is 0.175 e. The summed E-state index contributed by atoms with van der Waals surface area (Å²) in [5.74, 6) is 1.05. The van der Waals surface area contributed by atoms with E-state index in [0.29, 0.717) is 11.6 Å². The van der Waals surface area contributed by atoms with Crippen molar-refractivity contribution in [3.05, 3.63) is 59.5 Å². The first-order chi connectivity index (χ1) is 17.4. The van der Waals surface area contributed by atoms with Crippen molar-refractivity contribution in [2.24, 2.45) is 22.6 Å². The average molecular weight is 519 g/mol. The molecule has 6 rings (SSSR count). The molecule has 3 aromatic heterocycles. The van der Waals surface area contributed by atoms with Crippen molar-refractivity contribution in [3.8, 4) is 0 Å². The van der Waals surface area contributed by atoms with E-state index < -0.39 is 5.54 Å². The van der Waals surface area contributed by atoms with E-state index in [2.05, 4.69) is 45.5 Å². The Balaban J connectivity index is 1.37. The summed E-state index contributed by atoms with van der Waals surface area (Å²) < 4.78 is 0. The fourth-order valence-corrected chi connectivity index (χ4v) is 6.82. The topological polar surface area (TPSA) is 100 Å². The van der Waals surface area contributed by atoms with Gasteiger partial charge >= 0.3 is 0 Å². The highest BCUT2D eigenvalue weighted by atomic mass is 35.5. The third kappa shape index (κ3) is 3.70. The van der Waals surface area contributed by atoms with Gasteiger partial charge in [-0.1, -0.05) is 42.9 Å².